The van der Waals surface area contributed by atoms with Gasteiger partial charge < -0.3 is 15.1 Å². The summed E-state index contributed by atoms with van der Waals surface area (Å²) in [6.45, 7) is 3.97. The minimum absolute atomic E-state index is 0.0792. The van der Waals surface area contributed by atoms with Crippen molar-refractivity contribution in [3.8, 4) is 5.75 Å². The van der Waals surface area contributed by atoms with E-state index >= 15 is 0 Å². The normalized spacial score (nSPS) is 11.7. The van der Waals surface area contributed by atoms with E-state index in [2.05, 4.69) is 9.97 Å². The second-order valence-corrected chi connectivity index (χ2v) is 5.45. The number of aromatic hydroxyl groups is 1. The third kappa shape index (κ3) is 1.47. The van der Waals surface area contributed by atoms with Crippen LogP contribution < -0.4 is 5.56 Å². The zero-order chi connectivity index (χ0) is 14.7. The highest BCUT2D eigenvalue weighted by Crippen LogP contribution is 2.36. The number of aromatic nitrogens is 2. The minimum Gasteiger partial charge on any atom is -0.508 e. The molecule has 0 spiro atoms. The van der Waals surface area contributed by atoms with Crippen molar-refractivity contribution in [2.75, 3.05) is 0 Å². The molecule has 0 saturated carbocycles. The van der Waals surface area contributed by atoms with Crippen molar-refractivity contribution < 1.29 is 5.11 Å². The van der Waals surface area contributed by atoms with Gasteiger partial charge in [-0.3, -0.25) is 4.79 Å². The number of phenolic OH excluding ortho intramolecular Hbond substituents is 1. The molecule has 2 aromatic carbocycles. The largest absolute Gasteiger partial charge is 0.508 e. The van der Waals surface area contributed by atoms with Crippen LogP contribution in [0.1, 0.15) is 11.1 Å². The van der Waals surface area contributed by atoms with Crippen molar-refractivity contribution in [3.05, 3.63) is 51.9 Å². The number of pyridine rings is 1. The summed E-state index contributed by atoms with van der Waals surface area (Å²) in [6.07, 6.45) is 1.68. The molecule has 4 nitrogen and oxygen atoms in total. The standard InChI is InChI=1S/C17H14N2O2/c1-8-11-5-6-18-17(21)15(11)9(2)14-12-7-10(20)3-4-13(12)19-16(8)14/h3-7,19-20H,1-2H3,(H,18,21). The molecule has 21 heavy (non-hydrogen) atoms. The molecule has 0 atom stereocenters. The van der Waals surface area contributed by atoms with E-state index in [1.54, 1.807) is 18.3 Å². The Labute approximate surface area is 120 Å². The second kappa shape index (κ2) is 3.88. The Morgan fingerprint density at radius 1 is 1.00 bits per heavy atom. The maximum Gasteiger partial charge on any atom is 0.256 e. The van der Waals surface area contributed by atoms with Gasteiger partial charge >= 0.3 is 0 Å². The average Bonchev–Trinajstić information content (AvgIpc) is 2.83. The van der Waals surface area contributed by atoms with Crippen LogP contribution in [-0.2, 0) is 0 Å². The molecule has 0 saturated heterocycles. The van der Waals surface area contributed by atoms with Crippen LogP contribution in [0.3, 0.4) is 0 Å². The lowest BCUT2D eigenvalue weighted by atomic mass is 9.97. The summed E-state index contributed by atoms with van der Waals surface area (Å²) in [5.74, 6) is 0.225. The van der Waals surface area contributed by atoms with Crippen LogP contribution in [0.25, 0.3) is 32.6 Å². The molecule has 0 amide bonds. The van der Waals surface area contributed by atoms with Gasteiger partial charge in [0.1, 0.15) is 5.75 Å². The third-order valence-electron chi connectivity index (χ3n) is 4.27. The summed E-state index contributed by atoms with van der Waals surface area (Å²) in [4.78, 5) is 18.4. The number of H-pyrrole nitrogens is 2. The number of rotatable bonds is 0. The molecular weight excluding hydrogens is 264 g/mol. The Bertz CT molecular complexity index is 1090. The second-order valence-electron chi connectivity index (χ2n) is 5.45. The van der Waals surface area contributed by atoms with Gasteiger partial charge in [0.15, 0.2) is 0 Å². The highest BCUT2D eigenvalue weighted by Gasteiger charge is 2.15. The van der Waals surface area contributed by atoms with E-state index < -0.39 is 0 Å². The lowest BCUT2D eigenvalue weighted by Crippen LogP contribution is -2.07. The quantitative estimate of drug-likeness (QED) is 0.461. The molecule has 0 unspecified atom stereocenters. The lowest BCUT2D eigenvalue weighted by Gasteiger charge is -2.08. The fourth-order valence-electron chi connectivity index (χ4n) is 3.27. The summed E-state index contributed by atoms with van der Waals surface area (Å²) in [6, 6.07) is 7.19. The van der Waals surface area contributed by atoms with Gasteiger partial charge in [0, 0.05) is 22.5 Å². The molecule has 0 aliphatic rings. The highest BCUT2D eigenvalue weighted by atomic mass is 16.3. The van der Waals surface area contributed by atoms with E-state index in [0.717, 1.165) is 38.3 Å². The Morgan fingerprint density at radius 2 is 1.81 bits per heavy atom. The minimum atomic E-state index is -0.0792. The molecular formula is C17H14N2O2. The topological polar surface area (TPSA) is 68.9 Å². The van der Waals surface area contributed by atoms with Gasteiger partial charge in [-0.2, -0.15) is 0 Å². The van der Waals surface area contributed by atoms with Crippen LogP contribution in [0.15, 0.2) is 35.3 Å². The predicted molar refractivity (Wildman–Crippen MR) is 85.1 cm³/mol. The van der Waals surface area contributed by atoms with E-state index in [4.69, 9.17) is 0 Å². The first-order valence-electron chi connectivity index (χ1n) is 6.83. The monoisotopic (exact) mass is 278 g/mol. The molecule has 0 bridgehead atoms. The van der Waals surface area contributed by atoms with Crippen LogP contribution in [0.2, 0.25) is 0 Å². The van der Waals surface area contributed by atoms with Crippen molar-refractivity contribution in [2.24, 2.45) is 0 Å². The first-order valence-corrected chi connectivity index (χ1v) is 6.83. The SMILES string of the molecule is Cc1c2cc[nH]c(=O)c2c(C)c2c1[nH]c1ccc(O)cc12. The van der Waals surface area contributed by atoms with Gasteiger partial charge in [0.05, 0.1) is 10.9 Å². The maximum absolute atomic E-state index is 12.2. The molecule has 0 aliphatic carbocycles. The molecule has 4 aromatic rings. The van der Waals surface area contributed by atoms with Crippen LogP contribution in [0, 0.1) is 13.8 Å². The highest BCUT2D eigenvalue weighted by molar-refractivity contribution is 6.16. The van der Waals surface area contributed by atoms with Crippen molar-refractivity contribution in [3.63, 3.8) is 0 Å². The summed E-state index contributed by atoms with van der Waals surface area (Å²) in [5, 5.41) is 13.4. The molecule has 2 aromatic heterocycles. The first-order chi connectivity index (χ1) is 10.1. The number of nitrogens with one attached hydrogen (secondary N) is 2. The van der Waals surface area contributed by atoms with Gasteiger partial charge in [0.2, 0.25) is 0 Å². The fraction of sp³-hybridized carbons (Fsp3) is 0.118. The molecule has 3 N–H and O–H groups in total. The Balaban J connectivity index is 2.41. The third-order valence-corrected chi connectivity index (χ3v) is 4.27. The van der Waals surface area contributed by atoms with Gasteiger partial charge in [-0.25, -0.2) is 0 Å². The van der Waals surface area contributed by atoms with Crippen LogP contribution in [0.5, 0.6) is 5.75 Å². The molecule has 0 aliphatic heterocycles. The van der Waals surface area contributed by atoms with Crippen molar-refractivity contribution in [1.82, 2.24) is 9.97 Å². The summed E-state index contributed by atoms with van der Waals surface area (Å²) < 4.78 is 0. The number of hydrogen-bond donors (Lipinski definition) is 3. The van der Waals surface area contributed by atoms with E-state index in [9.17, 15) is 9.90 Å². The number of phenols is 1. The Hall–Kier alpha value is -2.75. The number of fused-ring (bicyclic) bond motifs is 4. The van der Waals surface area contributed by atoms with Gasteiger partial charge in [-0.15, -0.1) is 0 Å². The zero-order valence-corrected chi connectivity index (χ0v) is 11.7. The first kappa shape index (κ1) is 12.0. The number of aryl methyl sites for hydroxylation is 2. The van der Waals surface area contributed by atoms with Crippen molar-refractivity contribution in [2.45, 2.75) is 13.8 Å². The zero-order valence-electron chi connectivity index (χ0n) is 11.7. The Kier molecular flexibility index (Phi) is 2.22. The number of benzene rings is 2. The summed E-state index contributed by atoms with van der Waals surface area (Å²) >= 11 is 0. The van der Waals surface area contributed by atoms with Crippen molar-refractivity contribution >= 4 is 32.6 Å². The van der Waals surface area contributed by atoms with Gasteiger partial charge in [0.25, 0.3) is 5.56 Å². The van der Waals surface area contributed by atoms with E-state index in [-0.39, 0.29) is 11.3 Å². The van der Waals surface area contributed by atoms with Crippen molar-refractivity contribution in [1.29, 1.82) is 0 Å². The number of aromatic amines is 2. The molecule has 2 heterocycles. The summed E-state index contributed by atoms with van der Waals surface area (Å²) in [7, 11) is 0. The van der Waals surface area contributed by atoms with E-state index in [0.29, 0.717) is 5.39 Å². The van der Waals surface area contributed by atoms with Crippen LogP contribution >= 0.6 is 0 Å². The number of hydrogen-bond acceptors (Lipinski definition) is 2. The van der Waals surface area contributed by atoms with Crippen LogP contribution in [0.4, 0.5) is 0 Å². The molecule has 4 heteroatoms. The molecule has 0 radical (unpaired) electrons. The smallest absolute Gasteiger partial charge is 0.256 e. The predicted octanol–water partition coefficient (Wildman–Crippen LogP) is 3.49. The molecule has 4 rings (SSSR count). The molecule has 104 valence electrons. The lowest BCUT2D eigenvalue weighted by molar-refractivity contribution is 0.476. The molecule has 0 fully saturated rings. The van der Waals surface area contributed by atoms with Gasteiger partial charge in [-0.05, 0) is 54.6 Å². The fourth-order valence-corrected chi connectivity index (χ4v) is 3.27. The summed E-state index contributed by atoms with van der Waals surface area (Å²) in [5.41, 5.74) is 3.88. The Morgan fingerprint density at radius 3 is 2.62 bits per heavy atom. The van der Waals surface area contributed by atoms with Crippen LogP contribution in [-0.4, -0.2) is 15.1 Å². The average molecular weight is 278 g/mol. The van der Waals surface area contributed by atoms with E-state index in [1.807, 2.05) is 26.0 Å². The van der Waals surface area contributed by atoms with Gasteiger partial charge in [-0.1, -0.05) is 0 Å². The van der Waals surface area contributed by atoms with E-state index in [1.165, 1.54) is 0 Å². The maximum atomic E-state index is 12.2.